The number of β-amino-alcohol motifs (C(OH)–C–C–N with tert-alkyl or cyclic N) is 1. The van der Waals surface area contributed by atoms with Crippen molar-refractivity contribution in [1.82, 2.24) is 51.9 Å². The first-order chi connectivity index (χ1) is 44.5. The number of hydrogen-bond acceptors (Lipinski definition) is 23. The molecule has 0 spiro atoms. The molecule has 526 valence electrons. The molecule has 0 radical (unpaired) electrons. The lowest BCUT2D eigenvalue weighted by atomic mass is 9.86. The number of benzene rings is 3. The summed E-state index contributed by atoms with van der Waals surface area (Å²) in [6, 6.07) is 8.23. The van der Waals surface area contributed by atoms with Crippen molar-refractivity contribution in [2.24, 2.45) is 5.92 Å². The highest BCUT2D eigenvalue weighted by molar-refractivity contribution is 7.17. The highest BCUT2D eigenvalue weighted by Gasteiger charge is 2.50. The van der Waals surface area contributed by atoms with Crippen LogP contribution >= 0.6 is 36.2 Å². The van der Waals surface area contributed by atoms with E-state index in [-0.39, 0.29) is 73.5 Å². The summed E-state index contributed by atoms with van der Waals surface area (Å²) < 4.78 is 11.2. The van der Waals surface area contributed by atoms with Gasteiger partial charge < -0.3 is 102 Å². The average Bonchev–Trinajstić information content (AvgIpc) is 1.74. The Morgan fingerprint density at radius 1 is 0.737 bits per heavy atom. The summed E-state index contributed by atoms with van der Waals surface area (Å²) in [5, 5.41) is 125. The number of rotatable bonds is 22. The summed E-state index contributed by atoms with van der Waals surface area (Å²) in [7, 11) is 3.10. The fourth-order valence-corrected chi connectivity index (χ4v) is 13.3. The van der Waals surface area contributed by atoms with Crippen molar-refractivity contribution in [1.29, 1.82) is 0 Å². The number of carbonyl (C=O) groups is 6. The van der Waals surface area contributed by atoms with Gasteiger partial charge in [-0.15, -0.1) is 35.0 Å². The van der Waals surface area contributed by atoms with Crippen LogP contribution in [0.5, 0.6) is 11.5 Å². The summed E-state index contributed by atoms with van der Waals surface area (Å²) >= 11 is 1.42. The molecule has 31 heteroatoms. The number of anilines is 1. The molecule has 0 bridgehead atoms. The minimum atomic E-state index is -2.04. The number of piperidine rings is 1. The van der Waals surface area contributed by atoms with Gasteiger partial charge in [-0.25, -0.2) is 0 Å². The van der Waals surface area contributed by atoms with Gasteiger partial charge in [0.1, 0.15) is 40.2 Å². The number of nitrogens with one attached hydrogen (secondary N) is 6. The lowest BCUT2D eigenvalue weighted by Gasteiger charge is -2.42. The second-order valence-corrected chi connectivity index (χ2v) is 25.8. The molecule has 15 N–H and O–H groups in total. The predicted octanol–water partition coefficient (Wildman–Crippen LogP) is -0.753. The maximum absolute atomic E-state index is 15.0. The lowest BCUT2D eigenvalue weighted by Crippen LogP contribution is -2.64. The van der Waals surface area contributed by atoms with Crippen LogP contribution in [0.15, 0.2) is 66.7 Å². The second kappa shape index (κ2) is 35.7. The van der Waals surface area contributed by atoms with Gasteiger partial charge in [-0.05, 0) is 93.1 Å². The molecule has 4 aliphatic rings. The molecule has 1 aromatic heterocycles. The molecular formula is C64H93Cl2N11O17S. The third kappa shape index (κ3) is 19.5. The highest BCUT2D eigenvalue weighted by atomic mass is 35.5. The number of aromatic nitrogens is 2. The molecule has 6 amide bonds. The molecular weight excluding hydrogens is 1300 g/mol. The van der Waals surface area contributed by atoms with Crippen molar-refractivity contribution in [2.75, 3.05) is 71.6 Å². The number of phenols is 1. The van der Waals surface area contributed by atoms with E-state index in [0.717, 1.165) is 76.8 Å². The standard InChI is InChI=1S/C64H91N11O17S.2ClH/c1-6-7-19-64(92-5)20-23-73(24-21-64)42-15-13-40(14-16-42)61-72-71-60(93-61)39-11-8-37(9-12-39)29-66-45-27-43(79)30-67-59(88)54-55(84)35(2)31-75(54)63(90)53(48(82)18-22-65-41(33-76)34-77)70-58(87)52(49(83)25-38-10-17-47(81)50(26-38)91-4)69-57(86)46-28-44(80)32-74(46)62(89)51(36(3)78)68-56(45)85;;/h8-17,26,35-36,41,43-46,48-49,51-55,65-66,76-84H,6-7,18-25,27-34H2,1-5H3,(H,67,88)(H,68,85)(H,69,86)(H,70,87);2*1H/t35-,36+,43+,44+,45-,46-,48+,49+,51-,52-,53-,54-,55-;;/m0../s1. The lowest BCUT2D eigenvalue weighted by molar-refractivity contribution is -0.147. The summed E-state index contributed by atoms with van der Waals surface area (Å²) in [6.07, 6.45) is -6.20. The van der Waals surface area contributed by atoms with E-state index >= 15 is 0 Å². The fourth-order valence-electron chi connectivity index (χ4n) is 12.5. The predicted molar refractivity (Wildman–Crippen MR) is 355 cm³/mol. The van der Waals surface area contributed by atoms with Crippen LogP contribution in [0.25, 0.3) is 21.1 Å². The Morgan fingerprint density at radius 2 is 1.35 bits per heavy atom. The van der Waals surface area contributed by atoms with Gasteiger partial charge in [0.05, 0.1) is 74.6 Å². The molecule has 5 heterocycles. The van der Waals surface area contributed by atoms with E-state index in [9.17, 15) is 74.7 Å². The summed E-state index contributed by atoms with van der Waals surface area (Å²) in [6.45, 7) is 4.24. The van der Waals surface area contributed by atoms with Crippen LogP contribution in [-0.2, 0) is 46.5 Å². The van der Waals surface area contributed by atoms with Crippen LogP contribution in [0.1, 0.15) is 83.3 Å². The van der Waals surface area contributed by atoms with Gasteiger partial charge in [-0.2, -0.15) is 0 Å². The van der Waals surface area contributed by atoms with Gasteiger partial charge in [0.15, 0.2) is 11.5 Å². The molecule has 0 aliphatic carbocycles. The van der Waals surface area contributed by atoms with Crippen molar-refractivity contribution in [3.8, 4) is 32.6 Å². The normalized spacial score (nSPS) is 25.8. The number of fused-ring (bicyclic) bond motifs is 2. The van der Waals surface area contributed by atoms with E-state index in [0.29, 0.717) is 10.6 Å². The Hall–Kier alpha value is -6.42. The van der Waals surface area contributed by atoms with E-state index in [1.54, 1.807) is 19.1 Å². The van der Waals surface area contributed by atoms with Crippen LogP contribution in [0.3, 0.4) is 0 Å². The minimum Gasteiger partial charge on any atom is -0.504 e. The zero-order chi connectivity index (χ0) is 67.3. The van der Waals surface area contributed by atoms with Crippen molar-refractivity contribution in [3.05, 3.63) is 77.9 Å². The largest absolute Gasteiger partial charge is 0.504 e. The first kappa shape index (κ1) is 77.6. The highest BCUT2D eigenvalue weighted by Crippen LogP contribution is 2.36. The molecule has 4 fully saturated rings. The number of unbranched alkanes of at least 4 members (excludes halogenated alkanes) is 1. The number of phenolic OH excluding ortho intramolecular Hbond substituents is 1. The van der Waals surface area contributed by atoms with Crippen molar-refractivity contribution in [3.63, 3.8) is 0 Å². The number of methoxy groups -OCH3 is 2. The van der Waals surface area contributed by atoms with Crippen LogP contribution in [-0.4, -0.2) is 253 Å². The number of carbonyl (C=O) groups excluding carboxylic acids is 6. The van der Waals surface area contributed by atoms with Crippen LogP contribution in [0.4, 0.5) is 5.69 Å². The number of halogens is 2. The molecule has 4 aromatic rings. The van der Waals surface area contributed by atoms with Crippen LogP contribution < -0.4 is 41.5 Å². The number of aromatic hydroxyl groups is 1. The second-order valence-electron chi connectivity index (χ2n) is 24.9. The third-order valence-electron chi connectivity index (χ3n) is 18.2. The van der Waals surface area contributed by atoms with Crippen molar-refractivity contribution >= 4 is 77.3 Å². The molecule has 0 unspecified atom stereocenters. The number of aliphatic hydroxyl groups is 8. The third-order valence-corrected chi connectivity index (χ3v) is 19.2. The van der Waals surface area contributed by atoms with Gasteiger partial charge >= 0.3 is 0 Å². The average molecular weight is 1390 g/mol. The van der Waals surface area contributed by atoms with Gasteiger partial charge in [-0.3, -0.25) is 28.8 Å². The molecule has 13 atom stereocenters. The van der Waals surface area contributed by atoms with E-state index in [1.807, 2.05) is 31.4 Å². The number of hydrogen-bond donors (Lipinski definition) is 15. The number of nitrogens with zero attached hydrogens (tertiary/aromatic N) is 5. The topological polar surface area (TPSA) is 411 Å². The molecule has 4 saturated heterocycles. The van der Waals surface area contributed by atoms with E-state index in [1.165, 1.54) is 43.6 Å². The first-order valence-electron chi connectivity index (χ1n) is 31.8. The van der Waals surface area contributed by atoms with E-state index in [4.69, 9.17) is 9.47 Å². The Labute approximate surface area is 568 Å². The maximum Gasteiger partial charge on any atom is 0.248 e. The SMILES string of the molecule is CCCCC1(OC)CCN(c2ccc(-c3nnc(-c4ccc(CN[C@H]5C[C@@H](O)CNC(=O)[C@@H]6[C@@H](O)[C@@H](C)CN6C(=O)[C@H]([C@H](O)CCNC(CO)CO)NC(=O)[C@H]([C@H](O)Cc6ccc(O)c(OC)c6)NC(=O)[C@@H]6C[C@@H](O)CN6C(=O)[C@H]([C@@H](C)O)NC5=O)cc4)s3)cc2)CC1.Cl.Cl. The smallest absolute Gasteiger partial charge is 0.248 e. The number of ether oxygens (including phenoxy) is 2. The molecule has 95 heavy (non-hydrogen) atoms. The monoisotopic (exact) mass is 1390 g/mol. The molecule has 3 aromatic carbocycles. The number of aliphatic hydroxyl groups excluding tert-OH is 8. The van der Waals surface area contributed by atoms with Crippen LogP contribution in [0, 0.1) is 5.92 Å². The Bertz CT molecular complexity index is 3170. The van der Waals surface area contributed by atoms with E-state index < -0.39 is 166 Å². The van der Waals surface area contributed by atoms with Crippen molar-refractivity contribution < 1.29 is 84.2 Å². The molecule has 28 nitrogen and oxygen atoms in total. The first-order valence-corrected chi connectivity index (χ1v) is 32.6. The van der Waals surface area contributed by atoms with Gasteiger partial charge in [0.25, 0.3) is 0 Å². The summed E-state index contributed by atoms with van der Waals surface area (Å²) in [5.41, 5.74) is 3.67. The van der Waals surface area contributed by atoms with Crippen molar-refractivity contribution in [2.45, 2.75) is 170 Å². The summed E-state index contributed by atoms with van der Waals surface area (Å²) in [4.78, 5) is 92.2. The molecule has 8 rings (SSSR count). The zero-order valence-electron chi connectivity index (χ0n) is 53.9. The molecule has 4 aliphatic heterocycles. The zero-order valence-corrected chi connectivity index (χ0v) is 56.4. The maximum atomic E-state index is 15.0. The minimum absolute atomic E-state index is 0. The van der Waals surface area contributed by atoms with Gasteiger partial charge in [-0.1, -0.05) is 68.4 Å². The van der Waals surface area contributed by atoms with Crippen LogP contribution in [0.2, 0.25) is 0 Å². The van der Waals surface area contributed by atoms with Gasteiger partial charge in [0.2, 0.25) is 35.4 Å². The Morgan fingerprint density at radius 3 is 1.96 bits per heavy atom. The number of amides is 6. The fraction of sp³-hybridized carbons (Fsp3) is 0.594. The Balaban J connectivity index is 0.00000714. The quantitative estimate of drug-likeness (QED) is 0.0460. The molecule has 0 saturated carbocycles. The Kier molecular flexibility index (Phi) is 29.2. The summed E-state index contributed by atoms with van der Waals surface area (Å²) in [5.74, 6) is -7.43. The van der Waals surface area contributed by atoms with Gasteiger partial charge in [0, 0.05) is 82.0 Å². The van der Waals surface area contributed by atoms with E-state index in [2.05, 4.69) is 66.1 Å².